The number of esters is 3. The van der Waals surface area contributed by atoms with Crippen molar-refractivity contribution in [2.45, 2.75) is 354 Å². The fourth-order valence-corrected chi connectivity index (χ4v) is 9.92. The molecular formula is C72H128O6. The molecule has 1 atom stereocenters. The van der Waals surface area contributed by atoms with Crippen molar-refractivity contribution in [3.05, 3.63) is 72.9 Å². The molecule has 0 aromatic heterocycles. The van der Waals surface area contributed by atoms with Crippen LogP contribution in [-0.2, 0) is 28.6 Å². The summed E-state index contributed by atoms with van der Waals surface area (Å²) in [5.41, 5.74) is 0. The van der Waals surface area contributed by atoms with Crippen LogP contribution in [0.1, 0.15) is 348 Å². The molecule has 0 aromatic carbocycles. The van der Waals surface area contributed by atoms with E-state index in [4.69, 9.17) is 14.2 Å². The van der Waals surface area contributed by atoms with Gasteiger partial charge >= 0.3 is 17.9 Å². The number of allylic oxidation sites excluding steroid dienone is 12. The van der Waals surface area contributed by atoms with Crippen LogP contribution in [0.5, 0.6) is 0 Å². The summed E-state index contributed by atoms with van der Waals surface area (Å²) in [7, 11) is 0. The Morgan fingerprint density at radius 3 is 0.782 bits per heavy atom. The zero-order valence-corrected chi connectivity index (χ0v) is 51.9. The van der Waals surface area contributed by atoms with E-state index in [-0.39, 0.29) is 31.1 Å². The molecule has 0 aliphatic rings. The van der Waals surface area contributed by atoms with Crippen LogP contribution in [0.15, 0.2) is 72.9 Å². The lowest BCUT2D eigenvalue weighted by atomic mass is 10.0. The molecule has 6 heteroatoms. The van der Waals surface area contributed by atoms with Crippen LogP contribution in [0.4, 0.5) is 0 Å². The lowest BCUT2D eigenvalue weighted by Crippen LogP contribution is -2.30. The lowest BCUT2D eigenvalue weighted by molar-refractivity contribution is -0.167. The molecule has 0 saturated heterocycles. The Labute approximate surface area is 484 Å². The average molecular weight is 1090 g/mol. The number of ether oxygens (including phenoxy) is 3. The molecular weight excluding hydrogens is 961 g/mol. The van der Waals surface area contributed by atoms with Gasteiger partial charge in [0, 0.05) is 19.3 Å². The highest BCUT2D eigenvalue weighted by atomic mass is 16.6. The third-order valence-corrected chi connectivity index (χ3v) is 15.0. The molecule has 0 spiro atoms. The summed E-state index contributed by atoms with van der Waals surface area (Å²) in [6.45, 7) is 6.47. The van der Waals surface area contributed by atoms with Crippen LogP contribution >= 0.6 is 0 Å². The minimum absolute atomic E-state index is 0.0787. The van der Waals surface area contributed by atoms with Crippen LogP contribution in [-0.4, -0.2) is 37.2 Å². The van der Waals surface area contributed by atoms with Gasteiger partial charge in [-0.2, -0.15) is 0 Å². The molecule has 0 fully saturated rings. The SMILES string of the molecule is CC/C=C\C/C=C\C/C=C\C/C=C\C/C=C\C/C=C\CCCCCCCCC(=O)OC(COC(=O)CCCCCCC)COC(=O)CCCCCCCCCCCCCCCCCCCCCCCCCCCCCCCC. The van der Waals surface area contributed by atoms with Crippen molar-refractivity contribution in [3.63, 3.8) is 0 Å². The van der Waals surface area contributed by atoms with Gasteiger partial charge in [0.05, 0.1) is 0 Å². The number of hydrogen-bond donors (Lipinski definition) is 0. The van der Waals surface area contributed by atoms with Crippen molar-refractivity contribution >= 4 is 17.9 Å². The molecule has 0 aliphatic heterocycles. The number of unbranched alkanes of at least 4 members (excludes halogenated alkanes) is 39. The molecule has 0 aliphatic carbocycles. The normalized spacial score (nSPS) is 12.5. The van der Waals surface area contributed by atoms with E-state index in [2.05, 4.69) is 93.7 Å². The van der Waals surface area contributed by atoms with Gasteiger partial charge < -0.3 is 14.2 Å². The van der Waals surface area contributed by atoms with E-state index in [1.54, 1.807) is 0 Å². The van der Waals surface area contributed by atoms with Crippen LogP contribution in [0, 0.1) is 0 Å². The molecule has 1 unspecified atom stereocenters. The standard InChI is InChI=1S/C72H128O6/c1-4-7-10-13-15-17-19-21-23-25-27-29-31-33-34-35-36-37-39-40-42-44-46-48-50-52-54-56-59-62-65-71(74)77-68-69(67-76-70(73)64-61-58-12-9-6-3)78-72(75)66-63-60-57-55-53-51-49-47-45-43-41-38-32-30-28-26-24-22-20-18-16-14-11-8-5-2/h8,11,16,18,22,24,28,30,38,41,45,47,69H,4-7,9-10,12-15,17,19-21,23,25-27,29,31-37,39-40,42-44,46,48-68H2,1-3H3/b11-8-,18-16-,24-22-,30-28-,41-38-,47-45-. The second-order valence-corrected chi connectivity index (χ2v) is 22.7. The second-order valence-electron chi connectivity index (χ2n) is 22.7. The van der Waals surface area contributed by atoms with E-state index in [9.17, 15) is 14.4 Å². The maximum Gasteiger partial charge on any atom is 0.306 e. The predicted molar refractivity (Wildman–Crippen MR) is 339 cm³/mol. The van der Waals surface area contributed by atoms with Crippen molar-refractivity contribution in [3.8, 4) is 0 Å². The molecule has 6 nitrogen and oxygen atoms in total. The summed E-state index contributed by atoms with van der Waals surface area (Å²) >= 11 is 0. The number of hydrogen-bond acceptors (Lipinski definition) is 6. The summed E-state index contributed by atoms with van der Waals surface area (Å²) in [6, 6.07) is 0. The molecule has 0 amide bonds. The van der Waals surface area contributed by atoms with Gasteiger partial charge in [-0.25, -0.2) is 0 Å². The number of rotatable bonds is 62. The van der Waals surface area contributed by atoms with Crippen molar-refractivity contribution in [1.29, 1.82) is 0 Å². The minimum Gasteiger partial charge on any atom is -0.462 e. The number of carbonyl (C=O) groups is 3. The molecule has 0 N–H and O–H groups in total. The van der Waals surface area contributed by atoms with E-state index >= 15 is 0 Å². The van der Waals surface area contributed by atoms with E-state index in [0.717, 1.165) is 116 Å². The van der Waals surface area contributed by atoms with Gasteiger partial charge in [-0.1, -0.05) is 331 Å². The smallest absolute Gasteiger partial charge is 0.306 e. The Morgan fingerprint density at radius 1 is 0.269 bits per heavy atom. The van der Waals surface area contributed by atoms with Gasteiger partial charge in [0.15, 0.2) is 6.10 Å². The second kappa shape index (κ2) is 66.4. The summed E-state index contributed by atoms with van der Waals surface area (Å²) in [5.74, 6) is -0.893. The third-order valence-electron chi connectivity index (χ3n) is 15.0. The number of carbonyl (C=O) groups excluding carboxylic acids is 3. The maximum absolute atomic E-state index is 12.8. The predicted octanol–water partition coefficient (Wildman–Crippen LogP) is 23.3. The zero-order chi connectivity index (χ0) is 56.4. The van der Waals surface area contributed by atoms with Crippen molar-refractivity contribution in [2.24, 2.45) is 0 Å². The van der Waals surface area contributed by atoms with Crippen LogP contribution in [0.25, 0.3) is 0 Å². The Morgan fingerprint density at radius 2 is 0.500 bits per heavy atom. The Balaban J connectivity index is 3.99. The highest BCUT2D eigenvalue weighted by molar-refractivity contribution is 5.71. The highest BCUT2D eigenvalue weighted by Crippen LogP contribution is 2.18. The fraction of sp³-hybridized carbons (Fsp3) is 0.792. The minimum atomic E-state index is -0.780. The van der Waals surface area contributed by atoms with Crippen molar-refractivity contribution in [2.75, 3.05) is 13.2 Å². The third kappa shape index (κ3) is 63.7. The van der Waals surface area contributed by atoms with Gasteiger partial charge in [0.1, 0.15) is 13.2 Å². The first-order chi connectivity index (χ1) is 38.5. The Bertz CT molecular complexity index is 1440. The van der Waals surface area contributed by atoms with Crippen LogP contribution in [0.2, 0.25) is 0 Å². The first kappa shape index (κ1) is 74.8. The van der Waals surface area contributed by atoms with Crippen LogP contribution in [0.3, 0.4) is 0 Å². The fourth-order valence-electron chi connectivity index (χ4n) is 9.92. The quantitative estimate of drug-likeness (QED) is 0.0261. The van der Waals surface area contributed by atoms with Crippen LogP contribution < -0.4 is 0 Å². The van der Waals surface area contributed by atoms with Gasteiger partial charge in [0.2, 0.25) is 0 Å². The first-order valence-corrected chi connectivity index (χ1v) is 33.9. The Kier molecular flexibility index (Phi) is 63.7. The largest absolute Gasteiger partial charge is 0.462 e. The first-order valence-electron chi connectivity index (χ1n) is 33.9. The zero-order valence-electron chi connectivity index (χ0n) is 51.9. The van der Waals surface area contributed by atoms with E-state index in [1.165, 1.54) is 193 Å². The maximum atomic E-state index is 12.8. The molecule has 78 heavy (non-hydrogen) atoms. The topological polar surface area (TPSA) is 78.9 Å². The van der Waals surface area contributed by atoms with Gasteiger partial charge in [0.25, 0.3) is 0 Å². The van der Waals surface area contributed by atoms with Gasteiger partial charge in [-0.05, 0) is 70.6 Å². The average Bonchev–Trinajstić information content (AvgIpc) is 3.44. The van der Waals surface area contributed by atoms with Gasteiger partial charge in [-0.15, -0.1) is 0 Å². The van der Waals surface area contributed by atoms with E-state index in [1.807, 2.05) is 0 Å². The Hall–Kier alpha value is -3.15. The van der Waals surface area contributed by atoms with Crippen molar-refractivity contribution in [1.82, 2.24) is 0 Å². The molecule has 0 radical (unpaired) electrons. The summed E-state index contributed by atoms with van der Waals surface area (Å²) in [5, 5.41) is 0. The molecule has 0 saturated carbocycles. The molecule has 0 heterocycles. The molecule has 0 rings (SSSR count). The molecule has 0 aromatic rings. The monoisotopic (exact) mass is 1090 g/mol. The van der Waals surface area contributed by atoms with E-state index < -0.39 is 6.10 Å². The molecule has 452 valence electrons. The van der Waals surface area contributed by atoms with Gasteiger partial charge in [-0.3, -0.25) is 14.4 Å². The lowest BCUT2D eigenvalue weighted by Gasteiger charge is -2.18. The summed E-state index contributed by atoms with van der Waals surface area (Å²) < 4.78 is 16.8. The molecule has 0 bridgehead atoms. The van der Waals surface area contributed by atoms with Crippen molar-refractivity contribution < 1.29 is 28.6 Å². The van der Waals surface area contributed by atoms with E-state index in [0.29, 0.717) is 19.3 Å². The summed E-state index contributed by atoms with van der Waals surface area (Å²) in [6.07, 6.45) is 87.0. The summed E-state index contributed by atoms with van der Waals surface area (Å²) in [4.78, 5) is 38.0. The highest BCUT2D eigenvalue weighted by Gasteiger charge is 2.19.